The van der Waals surface area contributed by atoms with Crippen molar-refractivity contribution in [3.8, 4) is 5.75 Å². The van der Waals surface area contributed by atoms with Gasteiger partial charge in [0.2, 0.25) is 0 Å². The summed E-state index contributed by atoms with van der Waals surface area (Å²) in [5, 5.41) is 3.87. The Morgan fingerprint density at radius 2 is 2.00 bits per heavy atom. The van der Waals surface area contributed by atoms with Gasteiger partial charge in [-0.2, -0.15) is 0 Å². The van der Waals surface area contributed by atoms with Gasteiger partial charge in [-0.3, -0.25) is 0 Å². The Kier molecular flexibility index (Phi) is 5.57. The zero-order valence-electron chi connectivity index (χ0n) is 14.2. The topological polar surface area (TPSA) is 63.3 Å². The van der Waals surface area contributed by atoms with Gasteiger partial charge < -0.3 is 19.8 Å². The minimum absolute atomic E-state index is 0.376. The molecule has 0 unspecified atom stereocenters. The van der Waals surface area contributed by atoms with Gasteiger partial charge in [0.15, 0.2) is 0 Å². The number of hydrogen-bond donors (Lipinski definition) is 2. The number of nitrogens with one attached hydrogen (secondary N) is 2. The van der Waals surface area contributed by atoms with Crippen molar-refractivity contribution in [2.45, 2.75) is 20.0 Å². The lowest BCUT2D eigenvalue weighted by Crippen LogP contribution is -2.26. The summed E-state index contributed by atoms with van der Waals surface area (Å²) in [4.78, 5) is 14.6. The molecule has 0 aliphatic heterocycles. The number of benzene rings is 2. The second-order valence-electron chi connectivity index (χ2n) is 5.69. The molecular formula is C20H22N2O3. The van der Waals surface area contributed by atoms with Crippen LogP contribution in [0.3, 0.4) is 0 Å². The molecule has 1 heterocycles. The monoisotopic (exact) mass is 338 g/mol. The Balaban J connectivity index is 1.59. The van der Waals surface area contributed by atoms with Gasteiger partial charge in [0.25, 0.3) is 0 Å². The van der Waals surface area contributed by atoms with E-state index in [1.54, 1.807) is 6.92 Å². The molecule has 0 fully saturated rings. The van der Waals surface area contributed by atoms with Crippen molar-refractivity contribution in [1.82, 2.24) is 10.3 Å². The average molecular weight is 338 g/mol. The second kappa shape index (κ2) is 8.24. The normalized spacial score (nSPS) is 10.6. The fourth-order valence-corrected chi connectivity index (χ4v) is 2.68. The van der Waals surface area contributed by atoms with Crippen LogP contribution < -0.4 is 10.1 Å². The summed E-state index contributed by atoms with van der Waals surface area (Å²) in [5.41, 5.74) is 3.32. The van der Waals surface area contributed by atoms with E-state index in [1.165, 1.54) is 0 Å². The summed E-state index contributed by atoms with van der Waals surface area (Å²) < 4.78 is 10.7. The Bertz CT molecular complexity index is 827. The van der Waals surface area contributed by atoms with Crippen LogP contribution in [-0.4, -0.2) is 24.2 Å². The summed E-state index contributed by atoms with van der Waals surface area (Å²) in [7, 11) is 0. The molecule has 0 saturated heterocycles. The highest BCUT2D eigenvalue weighted by molar-refractivity contribution is 5.84. The predicted molar refractivity (Wildman–Crippen MR) is 97.8 cm³/mol. The van der Waals surface area contributed by atoms with Crippen molar-refractivity contribution in [2.75, 3.05) is 13.2 Å². The molecule has 0 aliphatic carbocycles. The first-order valence-corrected chi connectivity index (χ1v) is 8.43. The van der Waals surface area contributed by atoms with Gasteiger partial charge in [-0.25, -0.2) is 4.79 Å². The number of amides is 1. The minimum Gasteiger partial charge on any atom is -0.489 e. The molecular weight excluding hydrogens is 316 g/mol. The number of ether oxygens (including phenoxy) is 2. The van der Waals surface area contributed by atoms with Crippen molar-refractivity contribution < 1.29 is 14.3 Å². The Hall–Kier alpha value is -2.95. The molecule has 2 aromatic carbocycles. The smallest absolute Gasteiger partial charge is 0.407 e. The molecule has 0 bridgehead atoms. The summed E-state index contributed by atoms with van der Waals surface area (Å²) >= 11 is 0. The molecule has 25 heavy (non-hydrogen) atoms. The zero-order chi connectivity index (χ0) is 17.5. The maximum atomic E-state index is 11.3. The van der Waals surface area contributed by atoms with Gasteiger partial charge >= 0.3 is 6.09 Å². The number of hydrogen-bond acceptors (Lipinski definition) is 3. The maximum absolute atomic E-state index is 11.3. The largest absolute Gasteiger partial charge is 0.489 e. The number of aromatic amines is 1. The van der Waals surface area contributed by atoms with E-state index in [0.29, 0.717) is 19.8 Å². The van der Waals surface area contributed by atoms with Crippen LogP contribution in [0.25, 0.3) is 10.9 Å². The second-order valence-corrected chi connectivity index (χ2v) is 5.69. The molecule has 0 aliphatic rings. The van der Waals surface area contributed by atoms with Crippen LogP contribution in [0.5, 0.6) is 5.75 Å². The quantitative estimate of drug-likeness (QED) is 0.683. The van der Waals surface area contributed by atoms with Gasteiger partial charge in [-0.15, -0.1) is 0 Å². The molecule has 3 aromatic rings. The maximum Gasteiger partial charge on any atom is 0.407 e. The lowest BCUT2D eigenvalue weighted by atomic mass is 10.1. The van der Waals surface area contributed by atoms with Gasteiger partial charge in [0.05, 0.1) is 6.61 Å². The van der Waals surface area contributed by atoms with E-state index in [0.717, 1.165) is 34.2 Å². The average Bonchev–Trinajstić information content (AvgIpc) is 3.03. The van der Waals surface area contributed by atoms with E-state index in [1.807, 2.05) is 54.7 Å². The number of alkyl carbamates (subject to hydrolysis) is 1. The van der Waals surface area contributed by atoms with E-state index in [-0.39, 0.29) is 6.09 Å². The highest BCUT2D eigenvalue weighted by Crippen LogP contribution is 2.24. The van der Waals surface area contributed by atoms with Crippen molar-refractivity contribution >= 4 is 17.0 Å². The molecule has 2 N–H and O–H groups in total. The first kappa shape index (κ1) is 16.9. The van der Waals surface area contributed by atoms with Gasteiger partial charge in [-0.05, 0) is 36.6 Å². The van der Waals surface area contributed by atoms with Crippen molar-refractivity contribution in [1.29, 1.82) is 0 Å². The van der Waals surface area contributed by atoms with Crippen LogP contribution in [0, 0.1) is 0 Å². The van der Waals surface area contributed by atoms with Crippen LogP contribution in [-0.2, 0) is 17.8 Å². The van der Waals surface area contributed by atoms with Crippen molar-refractivity contribution in [3.05, 3.63) is 65.9 Å². The third-order valence-corrected chi connectivity index (χ3v) is 3.93. The fraction of sp³-hybridized carbons (Fsp3) is 0.250. The Labute approximate surface area is 147 Å². The van der Waals surface area contributed by atoms with Gasteiger partial charge in [0, 0.05) is 29.7 Å². The highest BCUT2D eigenvalue weighted by atomic mass is 16.5. The third-order valence-electron chi connectivity index (χ3n) is 3.93. The lowest BCUT2D eigenvalue weighted by molar-refractivity contribution is 0.152. The minimum atomic E-state index is -0.376. The first-order valence-electron chi connectivity index (χ1n) is 8.43. The molecule has 0 spiro atoms. The molecule has 130 valence electrons. The highest BCUT2D eigenvalue weighted by Gasteiger charge is 2.06. The molecule has 1 aromatic heterocycles. The van der Waals surface area contributed by atoms with Crippen LogP contribution >= 0.6 is 0 Å². The number of carbonyl (C=O) groups excluding carboxylic acids is 1. The summed E-state index contributed by atoms with van der Waals surface area (Å²) in [6.07, 6.45) is 2.33. The Morgan fingerprint density at radius 3 is 2.80 bits per heavy atom. The molecule has 0 atom stereocenters. The van der Waals surface area contributed by atoms with Crippen LogP contribution in [0.4, 0.5) is 4.79 Å². The molecule has 0 saturated carbocycles. The molecule has 0 radical (unpaired) electrons. The number of H-pyrrole nitrogens is 1. The SMILES string of the molecule is CCOC(=O)NCCc1c[nH]c2cc(OCc3ccccc3)ccc12. The summed E-state index contributed by atoms with van der Waals surface area (Å²) in [5.74, 6) is 0.828. The number of rotatable bonds is 7. The van der Waals surface area contributed by atoms with Gasteiger partial charge in [0.1, 0.15) is 12.4 Å². The predicted octanol–water partition coefficient (Wildman–Crippen LogP) is 4.04. The molecule has 5 nitrogen and oxygen atoms in total. The van der Waals surface area contributed by atoms with Crippen LogP contribution in [0.2, 0.25) is 0 Å². The third kappa shape index (κ3) is 4.53. The number of carbonyl (C=O) groups is 1. The molecule has 1 amide bonds. The van der Waals surface area contributed by atoms with E-state index in [9.17, 15) is 4.79 Å². The van der Waals surface area contributed by atoms with Crippen molar-refractivity contribution in [2.24, 2.45) is 0 Å². The fourth-order valence-electron chi connectivity index (χ4n) is 2.68. The van der Waals surface area contributed by atoms with Gasteiger partial charge in [-0.1, -0.05) is 30.3 Å². The molecule has 3 rings (SSSR count). The lowest BCUT2D eigenvalue weighted by Gasteiger charge is -2.07. The Morgan fingerprint density at radius 1 is 1.16 bits per heavy atom. The number of aromatic nitrogens is 1. The van der Waals surface area contributed by atoms with Crippen LogP contribution in [0.1, 0.15) is 18.1 Å². The first-order chi connectivity index (χ1) is 12.3. The summed E-state index contributed by atoms with van der Waals surface area (Å²) in [6.45, 7) is 3.25. The van der Waals surface area contributed by atoms with Crippen LogP contribution in [0.15, 0.2) is 54.7 Å². The standard InChI is InChI=1S/C20H22N2O3/c1-2-24-20(23)21-11-10-16-13-22-19-12-17(8-9-18(16)19)25-14-15-6-4-3-5-7-15/h3-9,12-13,22H,2,10-11,14H2,1H3,(H,21,23). The van der Waals surface area contributed by atoms with E-state index in [2.05, 4.69) is 10.3 Å². The van der Waals surface area contributed by atoms with Crippen molar-refractivity contribution in [3.63, 3.8) is 0 Å². The zero-order valence-corrected chi connectivity index (χ0v) is 14.2. The number of fused-ring (bicyclic) bond motifs is 1. The molecule has 5 heteroatoms. The van der Waals surface area contributed by atoms with E-state index in [4.69, 9.17) is 9.47 Å². The van der Waals surface area contributed by atoms with E-state index < -0.39 is 0 Å². The van der Waals surface area contributed by atoms with E-state index >= 15 is 0 Å². The summed E-state index contributed by atoms with van der Waals surface area (Å²) in [6, 6.07) is 16.1.